The Morgan fingerprint density at radius 3 is 2.74 bits per heavy atom. The number of benzene rings is 1. The Bertz CT molecular complexity index is 592. The highest BCUT2D eigenvalue weighted by molar-refractivity contribution is 5.31. The summed E-state index contributed by atoms with van der Waals surface area (Å²) in [6.07, 6.45) is 5.56. The summed E-state index contributed by atoms with van der Waals surface area (Å²) in [6, 6.07) is 10.4. The molecule has 23 heavy (non-hydrogen) atoms. The molecule has 1 saturated heterocycles. The number of rotatable bonds is 6. The Morgan fingerprint density at radius 2 is 2.04 bits per heavy atom. The van der Waals surface area contributed by atoms with Crippen LogP contribution in [0.15, 0.2) is 42.7 Å². The van der Waals surface area contributed by atoms with Crippen molar-refractivity contribution < 1.29 is 9.84 Å². The topological polar surface area (TPSA) is 50.5 Å². The van der Waals surface area contributed by atoms with Crippen LogP contribution >= 0.6 is 0 Å². The van der Waals surface area contributed by atoms with E-state index in [2.05, 4.69) is 14.7 Å². The van der Waals surface area contributed by atoms with Crippen LogP contribution in [-0.2, 0) is 0 Å². The largest absolute Gasteiger partial charge is 0.491 e. The summed E-state index contributed by atoms with van der Waals surface area (Å²) in [5, 5.41) is 14.5. The number of β-amino-alcohol motifs (C(OH)–C–C–N with tert-alkyl or cyclic N) is 1. The molecule has 1 atom stereocenters. The number of aliphatic hydroxyl groups excluding tert-OH is 1. The second kappa shape index (κ2) is 7.62. The fourth-order valence-electron chi connectivity index (χ4n) is 3.12. The molecule has 124 valence electrons. The normalized spacial score (nSPS) is 18.0. The molecule has 1 aromatic carbocycles. The van der Waals surface area contributed by atoms with E-state index in [1.54, 1.807) is 0 Å². The molecule has 1 aliphatic heterocycles. The molecule has 5 heteroatoms. The van der Waals surface area contributed by atoms with Crippen molar-refractivity contribution >= 4 is 0 Å². The molecule has 2 heterocycles. The molecule has 0 amide bonds. The van der Waals surface area contributed by atoms with Crippen LogP contribution in [0.1, 0.15) is 24.4 Å². The molecule has 5 nitrogen and oxygen atoms in total. The first-order valence-corrected chi connectivity index (χ1v) is 8.30. The van der Waals surface area contributed by atoms with E-state index in [0.717, 1.165) is 37.2 Å². The third-order valence-corrected chi connectivity index (χ3v) is 4.45. The molecule has 0 bridgehead atoms. The maximum atomic E-state index is 10.2. The predicted octanol–water partition coefficient (Wildman–Crippen LogP) is 2.27. The molecular formula is C18H25N3O2. The average molecular weight is 315 g/mol. The van der Waals surface area contributed by atoms with E-state index < -0.39 is 6.10 Å². The maximum Gasteiger partial charge on any atom is 0.122 e. The molecular weight excluding hydrogens is 290 g/mol. The summed E-state index contributed by atoms with van der Waals surface area (Å²) in [5.74, 6) is 0.851. The summed E-state index contributed by atoms with van der Waals surface area (Å²) in [7, 11) is 0. The molecule has 2 aromatic rings. The third kappa shape index (κ3) is 4.33. The van der Waals surface area contributed by atoms with Gasteiger partial charge >= 0.3 is 0 Å². The van der Waals surface area contributed by atoms with Crippen molar-refractivity contribution in [2.24, 2.45) is 0 Å². The SMILES string of the molecule is Cc1ccccc1OCC(O)CN1CCC(n2cccn2)CC1. The van der Waals surface area contributed by atoms with Crippen LogP contribution in [0, 0.1) is 6.92 Å². The Kier molecular flexibility index (Phi) is 5.31. The van der Waals surface area contributed by atoms with Crippen molar-refractivity contribution in [2.75, 3.05) is 26.2 Å². The lowest BCUT2D eigenvalue weighted by molar-refractivity contribution is 0.0548. The third-order valence-electron chi connectivity index (χ3n) is 4.45. The van der Waals surface area contributed by atoms with Crippen LogP contribution in [-0.4, -0.2) is 52.1 Å². The zero-order valence-corrected chi connectivity index (χ0v) is 13.6. The summed E-state index contributed by atoms with van der Waals surface area (Å²) >= 11 is 0. The number of para-hydroxylation sites is 1. The van der Waals surface area contributed by atoms with E-state index in [1.807, 2.05) is 49.6 Å². The van der Waals surface area contributed by atoms with Gasteiger partial charge in [-0.1, -0.05) is 18.2 Å². The van der Waals surface area contributed by atoms with Gasteiger partial charge in [0.1, 0.15) is 18.5 Å². The Hall–Kier alpha value is -1.85. The van der Waals surface area contributed by atoms with Gasteiger partial charge in [0.2, 0.25) is 0 Å². The smallest absolute Gasteiger partial charge is 0.122 e. The molecule has 1 unspecified atom stereocenters. The van der Waals surface area contributed by atoms with Gasteiger partial charge in [-0.05, 0) is 37.5 Å². The average Bonchev–Trinajstić information content (AvgIpc) is 3.09. The number of ether oxygens (including phenoxy) is 1. The van der Waals surface area contributed by atoms with Crippen LogP contribution in [0.4, 0.5) is 0 Å². The number of hydrogen-bond acceptors (Lipinski definition) is 4. The van der Waals surface area contributed by atoms with E-state index in [9.17, 15) is 5.11 Å². The lowest BCUT2D eigenvalue weighted by atomic mass is 10.1. The number of aliphatic hydroxyl groups is 1. The van der Waals surface area contributed by atoms with Crippen LogP contribution in [0.25, 0.3) is 0 Å². The van der Waals surface area contributed by atoms with Crippen molar-refractivity contribution in [1.82, 2.24) is 14.7 Å². The van der Waals surface area contributed by atoms with Crippen LogP contribution in [0.5, 0.6) is 5.75 Å². The Morgan fingerprint density at radius 1 is 1.26 bits per heavy atom. The highest BCUT2D eigenvalue weighted by atomic mass is 16.5. The zero-order chi connectivity index (χ0) is 16.1. The van der Waals surface area contributed by atoms with E-state index in [4.69, 9.17) is 4.74 Å². The predicted molar refractivity (Wildman–Crippen MR) is 89.6 cm³/mol. The molecule has 1 aliphatic rings. The monoisotopic (exact) mass is 315 g/mol. The second-order valence-electron chi connectivity index (χ2n) is 6.25. The van der Waals surface area contributed by atoms with Crippen LogP contribution in [0.3, 0.4) is 0 Å². The minimum Gasteiger partial charge on any atom is -0.491 e. The van der Waals surface area contributed by atoms with Gasteiger partial charge in [-0.15, -0.1) is 0 Å². The van der Waals surface area contributed by atoms with Gasteiger partial charge in [0, 0.05) is 32.0 Å². The fourth-order valence-corrected chi connectivity index (χ4v) is 3.12. The molecule has 3 rings (SSSR count). The number of aromatic nitrogens is 2. The highest BCUT2D eigenvalue weighted by Gasteiger charge is 2.22. The van der Waals surface area contributed by atoms with Gasteiger partial charge < -0.3 is 14.7 Å². The summed E-state index contributed by atoms with van der Waals surface area (Å²) in [5.41, 5.74) is 1.10. The summed E-state index contributed by atoms with van der Waals surface area (Å²) < 4.78 is 7.78. The Balaban J connectivity index is 1.41. The number of likely N-dealkylation sites (tertiary alicyclic amines) is 1. The lowest BCUT2D eigenvalue weighted by Gasteiger charge is -2.33. The quantitative estimate of drug-likeness (QED) is 0.888. The second-order valence-corrected chi connectivity index (χ2v) is 6.25. The standard InChI is InChI=1S/C18H25N3O2/c1-15-5-2-3-6-18(15)23-14-17(22)13-20-11-7-16(8-12-20)21-10-4-9-19-21/h2-6,9-10,16-17,22H,7-8,11-14H2,1H3. The number of piperidine rings is 1. The van der Waals surface area contributed by atoms with E-state index in [1.165, 1.54) is 0 Å². The molecule has 0 aliphatic carbocycles. The van der Waals surface area contributed by atoms with Crippen molar-refractivity contribution in [1.29, 1.82) is 0 Å². The van der Waals surface area contributed by atoms with E-state index >= 15 is 0 Å². The van der Waals surface area contributed by atoms with Gasteiger partial charge in [-0.2, -0.15) is 5.10 Å². The minimum absolute atomic E-state index is 0.337. The number of nitrogens with zero attached hydrogens (tertiary/aromatic N) is 3. The first kappa shape index (κ1) is 16.0. The van der Waals surface area contributed by atoms with Crippen LogP contribution < -0.4 is 4.74 Å². The van der Waals surface area contributed by atoms with Gasteiger partial charge in [0.15, 0.2) is 0 Å². The molecule has 1 N–H and O–H groups in total. The molecule has 0 radical (unpaired) electrons. The summed E-state index contributed by atoms with van der Waals surface area (Å²) in [6.45, 7) is 5.00. The van der Waals surface area contributed by atoms with E-state index in [-0.39, 0.29) is 0 Å². The van der Waals surface area contributed by atoms with Gasteiger partial charge in [0.05, 0.1) is 6.04 Å². The van der Waals surface area contributed by atoms with Gasteiger partial charge in [-0.25, -0.2) is 0 Å². The lowest BCUT2D eigenvalue weighted by Crippen LogP contribution is -2.41. The van der Waals surface area contributed by atoms with Crippen molar-refractivity contribution in [3.63, 3.8) is 0 Å². The number of hydrogen-bond donors (Lipinski definition) is 1. The first-order valence-electron chi connectivity index (χ1n) is 8.30. The molecule has 0 saturated carbocycles. The zero-order valence-electron chi connectivity index (χ0n) is 13.6. The highest BCUT2D eigenvalue weighted by Crippen LogP contribution is 2.21. The Labute approximate surface area is 137 Å². The summed E-state index contributed by atoms with van der Waals surface area (Å²) in [4.78, 5) is 2.31. The number of aryl methyl sites for hydroxylation is 1. The first-order chi connectivity index (χ1) is 11.2. The van der Waals surface area contributed by atoms with Gasteiger partial charge in [0.25, 0.3) is 0 Å². The van der Waals surface area contributed by atoms with E-state index in [0.29, 0.717) is 19.2 Å². The van der Waals surface area contributed by atoms with Gasteiger partial charge in [-0.3, -0.25) is 4.68 Å². The molecule has 0 spiro atoms. The fraction of sp³-hybridized carbons (Fsp3) is 0.500. The van der Waals surface area contributed by atoms with Crippen molar-refractivity contribution in [3.8, 4) is 5.75 Å². The maximum absolute atomic E-state index is 10.2. The van der Waals surface area contributed by atoms with Crippen molar-refractivity contribution in [2.45, 2.75) is 31.9 Å². The minimum atomic E-state index is -0.462. The van der Waals surface area contributed by atoms with Crippen molar-refractivity contribution in [3.05, 3.63) is 48.3 Å². The van der Waals surface area contributed by atoms with Crippen LogP contribution in [0.2, 0.25) is 0 Å². The molecule has 1 fully saturated rings. The molecule has 1 aromatic heterocycles.